The van der Waals surface area contributed by atoms with Crippen LogP contribution in [0.5, 0.6) is 0 Å². The third-order valence-electron chi connectivity index (χ3n) is 7.65. The molecule has 5 heterocycles. The van der Waals surface area contributed by atoms with Crippen molar-refractivity contribution in [1.82, 2.24) is 30.2 Å². The van der Waals surface area contributed by atoms with Crippen molar-refractivity contribution >= 4 is 40.0 Å². The number of halogens is 1. The van der Waals surface area contributed by atoms with E-state index in [0.717, 1.165) is 41.8 Å². The Hall–Kier alpha value is -3.36. The molecule has 1 saturated heterocycles. The average Bonchev–Trinajstić information content (AvgIpc) is 2.86. The summed E-state index contributed by atoms with van der Waals surface area (Å²) in [7, 11) is 0. The third kappa shape index (κ3) is 4.83. The smallest absolute Gasteiger partial charge is 0.162 e. The second kappa shape index (κ2) is 9.84. The van der Waals surface area contributed by atoms with Crippen molar-refractivity contribution in [2.75, 3.05) is 23.7 Å². The second-order valence-electron chi connectivity index (χ2n) is 10.7. The molecule has 4 aromatic heterocycles. The van der Waals surface area contributed by atoms with Crippen molar-refractivity contribution in [3.63, 3.8) is 0 Å². The lowest BCUT2D eigenvalue weighted by Gasteiger charge is -2.40. The van der Waals surface area contributed by atoms with Crippen molar-refractivity contribution in [2.45, 2.75) is 51.5 Å². The Bertz CT molecular complexity index is 1440. The predicted octanol–water partition coefficient (Wildman–Crippen LogP) is 5.95. The molecule has 0 amide bonds. The Kier molecular flexibility index (Phi) is 6.38. The molecule has 0 aromatic carbocycles. The fourth-order valence-corrected chi connectivity index (χ4v) is 5.38. The first-order valence-electron chi connectivity index (χ1n) is 12.9. The number of piperidine rings is 1. The van der Waals surface area contributed by atoms with Crippen LogP contribution in [0.4, 0.5) is 17.5 Å². The summed E-state index contributed by atoms with van der Waals surface area (Å²) in [6.07, 6.45) is 12.0. The van der Waals surface area contributed by atoms with Crippen molar-refractivity contribution in [3.8, 4) is 11.4 Å². The van der Waals surface area contributed by atoms with Crippen LogP contribution in [0.15, 0.2) is 49.1 Å². The van der Waals surface area contributed by atoms with Gasteiger partial charge in [-0.15, -0.1) is 0 Å². The monoisotopic (exact) mass is 514 g/mol. The summed E-state index contributed by atoms with van der Waals surface area (Å²) in [5, 5.41) is 12.2. The first kappa shape index (κ1) is 24.0. The van der Waals surface area contributed by atoms with Gasteiger partial charge in [0.2, 0.25) is 0 Å². The Morgan fingerprint density at radius 3 is 2.70 bits per heavy atom. The Balaban J connectivity index is 1.43. The van der Waals surface area contributed by atoms with E-state index in [2.05, 4.69) is 44.7 Å². The molecule has 1 aliphatic carbocycles. The molecule has 1 saturated carbocycles. The highest BCUT2D eigenvalue weighted by molar-refractivity contribution is 6.33. The van der Waals surface area contributed by atoms with Crippen LogP contribution in [0.1, 0.15) is 51.0 Å². The van der Waals surface area contributed by atoms with Crippen LogP contribution in [0, 0.1) is 5.41 Å². The van der Waals surface area contributed by atoms with Gasteiger partial charge in [0.25, 0.3) is 0 Å². The maximum Gasteiger partial charge on any atom is 0.162 e. The zero-order chi connectivity index (χ0) is 25.4. The van der Waals surface area contributed by atoms with Gasteiger partial charge in [0.05, 0.1) is 16.7 Å². The molecule has 1 atom stereocenters. The minimum Gasteiger partial charge on any atom is -0.366 e. The SMILES string of the molecule is CC1(C)CNCC[C@@H]1Nc1nc(-c2ccnc(Nc3ncccc3Cl)c2)nc2cncc(C3CCC3)c12. The number of hydrogen-bond acceptors (Lipinski definition) is 8. The van der Waals surface area contributed by atoms with E-state index < -0.39 is 0 Å². The number of hydrogen-bond donors (Lipinski definition) is 3. The molecule has 8 nitrogen and oxygen atoms in total. The van der Waals surface area contributed by atoms with E-state index in [4.69, 9.17) is 21.6 Å². The maximum absolute atomic E-state index is 6.29. The lowest BCUT2D eigenvalue weighted by Crippen LogP contribution is -2.49. The van der Waals surface area contributed by atoms with Crippen LogP contribution < -0.4 is 16.0 Å². The number of pyridine rings is 3. The molecule has 0 radical (unpaired) electrons. The molecule has 2 aliphatic rings. The number of nitrogens with one attached hydrogen (secondary N) is 3. The molecule has 2 fully saturated rings. The number of rotatable bonds is 6. The Morgan fingerprint density at radius 1 is 1.03 bits per heavy atom. The van der Waals surface area contributed by atoms with Crippen molar-refractivity contribution in [1.29, 1.82) is 0 Å². The normalized spacial score (nSPS) is 19.4. The van der Waals surface area contributed by atoms with Gasteiger partial charge in [-0.05, 0) is 67.0 Å². The Labute approximate surface area is 221 Å². The topological polar surface area (TPSA) is 101 Å². The molecule has 1 aliphatic heterocycles. The van der Waals surface area contributed by atoms with Crippen molar-refractivity contribution < 1.29 is 0 Å². The van der Waals surface area contributed by atoms with Gasteiger partial charge < -0.3 is 16.0 Å². The van der Waals surface area contributed by atoms with Gasteiger partial charge >= 0.3 is 0 Å². The minimum atomic E-state index is 0.0923. The van der Waals surface area contributed by atoms with Crippen LogP contribution in [0.3, 0.4) is 0 Å². The quantitative estimate of drug-likeness (QED) is 0.290. The van der Waals surface area contributed by atoms with E-state index in [1.807, 2.05) is 24.5 Å². The number of anilines is 3. The largest absolute Gasteiger partial charge is 0.366 e. The van der Waals surface area contributed by atoms with Gasteiger partial charge in [-0.1, -0.05) is 31.9 Å². The summed E-state index contributed by atoms with van der Waals surface area (Å²) in [5.74, 6) is 3.22. The van der Waals surface area contributed by atoms with Gasteiger partial charge in [-0.2, -0.15) is 0 Å². The molecule has 0 unspecified atom stereocenters. The van der Waals surface area contributed by atoms with Gasteiger partial charge in [-0.25, -0.2) is 19.9 Å². The van der Waals surface area contributed by atoms with Crippen molar-refractivity contribution in [2.24, 2.45) is 5.41 Å². The first-order valence-corrected chi connectivity index (χ1v) is 13.3. The second-order valence-corrected chi connectivity index (χ2v) is 11.1. The standard InChI is InChI=1S/C28H31ClN8/c1-28(2)16-30-11-9-22(28)35-27-24-19(17-5-3-6-17)14-31-15-21(24)34-25(37-27)18-8-12-32-23(13-18)36-26-20(29)7-4-10-33-26/h4,7-8,10,12-15,17,22,30H,3,5-6,9,11,16H2,1-2H3,(H,32,33,36)(H,34,35,37)/t22-/m0/s1. The van der Waals surface area contributed by atoms with E-state index in [9.17, 15) is 0 Å². The van der Waals surface area contributed by atoms with Crippen LogP contribution in [-0.2, 0) is 0 Å². The van der Waals surface area contributed by atoms with Crippen LogP contribution in [0.25, 0.3) is 22.3 Å². The molecule has 9 heteroatoms. The molecule has 0 bridgehead atoms. The molecule has 37 heavy (non-hydrogen) atoms. The van der Waals surface area contributed by atoms with Crippen LogP contribution >= 0.6 is 11.6 Å². The molecular formula is C28H31ClN8. The third-order valence-corrected chi connectivity index (χ3v) is 7.95. The number of fused-ring (bicyclic) bond motifs is 1. The Morgan fingerprint density at radius 2 is 1.92 bits per heavy atom. The highest BCUT2D eigenvalue weighted by Crippen LogP contribution is 2.42. The molecular weight excluding hydrogens is 484 g/mol. The van der Waals surface area contributed by atoms with Crippen molar-refractivity contribution in [3.05, 3.63) is 59.6 Å². The van der Waals surface area contributed by atoms with E-state index in [1.54, 1.807) is 24.5 Å². The minimum absolute atomic E-state index is 0.0923. The van der Waals surface area contributed by atoms with Crippen LogP contribution in [-0.4, -0.2) is 44.1 Å². The van der Waals surface area contributed by atoms with E-state index in [0.29, 0.717) is 34.4 Å². The predicted molar refractivity (Wildman–Crippen MR) is 148 cm³/mol. The lowest BCUT2D eigenvalue weighted by atomic mass is 9.78. The zero-order valence-electron chi connectivity index (χ0n) is 21.1. The summed E-state index contributed by atoms with van der Waals surface area (Å²) in [6.45, 7) is 6.56. The summed E-state index contributed by atoms with van der Waals surface area (Å²) >= 11 is 6.29. The molecule has 190 valence electrons. The van der Waals surface area contributed by atoms with E-state index in [-0.39, 0.29) is 5.41 Å². The maximum atomic E-state index is 6.29. The van der Waals surface area contributed by atoms with Crippen LogP contribution in [0.2, 0.25) is 5.02 Å². The van der Waals surface area contributed by atoms with Gasteiger partial charge in [-0.3, -0.25) is 4.98 Å². The summed E-state index contributed by atoms with van der Waals surface area (Å²) in [5.41, 5.74) is 3.07. The van der Waals surface area contributed by atoms with Gasteiger partial charge in [0, 0.05) is 42.1 Å². The average molecular weight is 515 g/mol. The van der Waals surface area contributed by atoms with E-state index >= 15 is 0 Å². The lowest BCUT2D eigenvalue weighted by molar-refractivity contribution is 0.236. The fourth-order valence-electron chi connectivity index (χ4n) is 5.21. The van der Waals surface area contributed by atoms with E-state index in [1.165, 1.54) is 24.8 Å². The summed E-state index contributed by atoms with van der Waals surface area (Å²) in [4.78, 5) is 23.5. The zero-order valence-corrected chi connectivity index (χ0v) is 21.9. The first-order chi connectivity index (χ1) is 18.0. The highest BCUT2D eigenvalue weighted by atomic mass is 35.5. The molecule has 0 spiro atoms. The highest BCUT2D eigenvalue weighted by Gasteiger charge is 2.33. The summed E-state index contributed by atoms with van der Waals surface area (Å²) in [6, 6.07) is 7.73. The fraction of sp³-hybridized carbons (Fsp3) is 0.393. The summed E-state index contributed by atoms with van der Waals surface area (Å²) < 4.78 is 0. The number of nitrogens with zero attached hydrogens (tertiary/aromatic N) is 5. The van der Waals surface area contributed by atoms with Gasteiger partial charge in [0.1, 0.15) is 17.5 Å². The molecule has 4 aromatic rings. The molecule has 3 N–H and O–H groups in total. The number of aromatic nitrogens is 5. The molecule has 6 rings (SSSR count). The van der Waals surface area contributed by atoms with Gasteiger partial charge in [0.15, 0.2) is 5.82 Å².